The van der Waals surface area contributed by atoms with E-state index < -0.39 is 4.92 Å². The van der Waals surface area contributed by atoms with Gasteiger partial charge in [-0.05, 0) is 12.3 Å². The van der Waals surface area contributed by atoms with Crippen LogP contribution in [0.25, 0.3) is 0 Å². The molecule has 0 amide bonds. The summed E-state index contributed by atoms with van der Waals surface area (Å²) in [6.45, 7) is 2.11. The molecule has 0 aliphatic heterocycles. The van der Waals surface area contributed by atoms with Crippen LogP contribution in [-0.2, 0) is 0 Å². The third-order valence-corrected chi connectivity index (χ3v) is 3.02. The summed E-state index contributed by atoms with van der Waals surface area (Å²) in [4.78, 5) is 14.5. The van der Waals surface area contributed by atoms with Gasteiger partial charge in [0.2, 0.25) is 11.7 Å². The zero-order chi connectivity index (χ0) is 12.4. The van der Waals surface area contributed by atoms with Crippen molar-refractivity contribution in [3.63, 3.8) is 0 Å². The fourth-order valence-electron chi connectivity index (χ4n) is 1.85. The minimum absolute atomic E-state index is 0.00690. The molecule has 0 aromatic carbocycles. The average molecular weight is 237 g/mol. The molecular formula is C11H15N3O3. The van der Waals surface area contributed by atoms with E-state index in [1.54, 1.807) is 0 Å². The zero-order valence-corrected chi connectivity index (χ0v) is 9.84. The Balaban J connectivity index is 2.20. The minimum atomic E-state index is -0.432. The summed E-state index contributed by atoms with van der Waals surface area (Å²) < 4.78 is 4.97. The molecule has 1 aromatic rings. The standard InChI is InChI=1S/C11H15N3O3/c1-3-7-6-8(7)12-11-9(14(15)16)4-5-10(13-11)17-2/h4-5,7-8H,3,6H2,1-2H3,(H,12,13). The molecule has 1 heterocycles. The molecule has 1 N–H and O–H groups in total. The maximum Gasteiger partial charge on any atom is 0.311 e. The van der Waals surface area contributed by atoms with Crippen LogP contribution in [0.4, 0.5) is 11.5 Å². The first-order valence-electron chi connectivity index (χ1n) is 5.61. The van der Waals surface area contributed by atoms with E-state index in [1.165, 1.54) is 19.2 Å². The lowest BCUT2D eigenvalue weighted by Crippen LogP contribution is -2.09. The number of anilines is 1. The van der Waals surface area contributed by atoms with Crippen molar-refractivity contribution >= 4 is 11.5 Å². The molecule has 92 valence electrons. The van der Waals surface area contributed by atoms with Gasteiger partial charge < -0.3 is 10.1 Å². The monoisotopic (exact) mass is 237 g/mol. The Morgan fingerprint density at radius 3 is 2.94 bits per heavy atom. The van der Waals surface area contributed by atoms with Gasteiger partial charge in [0.15, 0.2) is 0 Å². The molecule has 2 unspecified atom stereocenters. The highest BCUT2D eigenvalue weighted by atomic mass is 16.6. The van der Waals surface area contributed by atoms with E-state index in [1.807, 2.05) is 0 Å². The fourth-order valence-corrected chi connectivity index (χ4v) is 1.85. The Morgan fingerprint density at radius 1 is 1.65 bits per heavy atom. The van der Waals surface area contributed by atoms with Crippen molar-refractivity contribution in [1.29, 1.82) is 0 Å². The summed E-state index contributed by atoms with van der Waals surface area (Å²) in [5, 5.41) is 14.0. The largest absolute Gasteiger partial charge is 0.481 e. The molecule has 1 saturated carbocycles. The van der Waals surface area contributed by atoms with Gasteiger partial charge in [-0.25, -0.2) is 0 Å². The van der Waals surface area contributed by atoms with E-state index in [9.17, 15) is 10.1 Å². The quantitative estimate of drug-likeness (QED) is 0.627. The first-order chi connectivity index (χ1) is 8.15. The second kappa shape index (κ2) is 4.57. The van der Waals surface area contributed by atoms with E-state index in [0.29, 0.717) is 23.7 Å². The van der Waals surface area contributed by atoms with Crippen LogP contribution >= 0.6 is 0 Å². The van der Waals surface area contributed by atoms with Crippen molar-refractivity contribution in [2.45, 2.75) is 25.8 Å². The Bertz CT molecular complexity index is 436. The van der Waals surface area contributed by atoms with E-state index >= 15 is 0 Å². The first kappa shape index (κ1) is 11.6. The number of pyridine rings is 1. The molecule has 2 rings (SSSR count). The van der Waals surface area contributed by atoms with Gasteiger partial charge in [0.25, 0.3) is 0 Å². The van der Waals surface area contributed by atoms with Crippen LogP contribution in [0.15, 0.2) is 12.1 Å². The summed E-state index contributed by atoms with van der Waals surface area (Å²) in [7, 11) is 1.49. The lowest BCUT2D eigenvalue weighted by molar-refractivity contribution is -0.384. The number of methoxy groups -OCH3 is 1. The zero-order valence-electron chi connectivity index (χ0n) is 9.84. The van der Waals surface area contributed by atoms with E-state index in [0.717, 1.165) is 12.8 Å². The number of nitro groups is 1. The topological polar surface area (TPSA) is 77.3 Å². The summed E-state index contributed by atoms with van der Waals surface area (Å²) in [6.07, 6.45) is 2.13. The molecule has 1 aliphatic carbocycles. The average Bonchev–Trinajstić information content (AvgIpc) is 3.07. The molecule has 0 saturated heterocycles. The molecular weight excluding hydrogens is 222 g/mol. The number of aromatic nitrogens is 1. The summed E-state index contributed by atoms with van der Waals surface area (Å²) in [6, 6.07) is 3.21. The van der Waals surface area contributed by atoms with Gasteiger partial charge in [-0.15, -0.1) is 0 Å². The molecule has 6 nitrogen and oxygen atoms in total. The van der Waals surface area contributed by atoms with Crippen LogP contribution < -0.4 is 10.1 Å². The normalized spacial score (nSPS) is 22.0. The highest BCUT2D eigenvalue weighted by Gasteiger charge is 2.37. The molecule has 1 aliphatic rings. The predicted octanol–water partition coefficient (Wildman–Crippen LogP) is 2.21. The number of hydrogen-bond acceptors (Lipinski definition) is 5. The molecule has 0 spiro atoms. The van der Waals surface area contributed by atoms with Crippen molar-refractivity contribution in [1.82, 2.24) is 4.98 Å². The van der Waals surface area contributed by atoms with Crippen LogP contribution in [0, 0.1) is 16.0 Å². The van der Waals surface area contributed by atoms with Gasteiger partial charge in [0.05, 0.1) is 12.0 Å². The van der Waals surface area contributed by atoms with Gasteiger partial charge >= 0.3 is 5.69 Å². The number of ether oxygens (including phenoxy) is 1. The maximum absolute atomic E-state index is 10.9. The molecule has 1 aromatic heterocycles. The Hall–Kier alpha value is -1.85. The summed E-state index contributed by atoms with van der Waals surface area (Å²) >= 11 is 0. The second-order valence-electron chi connectivity index (χ2n) is 4.13. The molecule has 0 radical (unpaired) electrons. The molecule has 6 heteroatoms. The number of hydrogen-bond donors (Lipinski definition) is 1. The van der Waals surface area contributed by atoms with Crippen molar-refractivity contribution < 1.29 is 9.66 Å². The van der Waals surface area contributed by atoms with Crippen molar-refractivity contribution in [2.24, 2.45) is 5.92 Å². The van der Waals surface area contributed by atoms with Gasteiger partial charge in [-0.2, -0.15) is 4.98 Å². The third-order valence-electron chi connectivity index (χ3n) is 3.02. The minimum Gasteiger partial charge on any atom is -0.481 e. The number of rotatable bonds is 5. The fraction of sp³-hybridized carbons (Fsp3) is 0.545. The Kier molecular flexibility index (Phi) is 3.12. The predicted molar refractivity (Wildman–Crippen MR) is 63.3 cm³/mol. The van der Waals surface area contributed by atoms with Crippen LogP contribution in [-0.4, -0.2) is 23.1 Å². The maximum atomic E-state index is 10.9. The van der Waals surface area contributed by atoms with Crippen molar-refractivity contribution in [2.75, 3.05) is 12.4 Å². The molecule has 0 bridgehead atoms. The van der Waals surface area contributed by atoms with Crippen LogP contribution in [0.1, 0.15) is 19.8 Å². The number of nitrogens with zero attached hydrogens (tertiary/aromatic N) is 2. The van der Waals surface area contributed by atoms with Gasteiger partial charge in [0, 0.05) is 18.2 Å². The first-order valence-corrected chi connectivity index (χ1v) is 5.61. The highest BCUT2D eigenvalue weighted by Crippen LogP contribution is 2.37. The molecule has 17 heavy (non-hydrogen) atoms. The Morgan fingerprint density at radius 2 is 2.41 bits per heavy atom. The van der Waals surface area contributed by atoms with E-state index in [2.05, 4.69) is 17.2 Å². The van der Waals surface area contributed by atoms with Crippen LogP contribution in [0.5, 0.6) is 5.88 Å². The third kappa shape index (κ3) is 2.46. The van der Waals surface area contributed by atoms with E-state index in [-0.39, 0.29) is 5.69 Å². The van der Waals surface area contributed by atoms with Crippen LogP contribution in [0.3, 0.4) is 0 Å². The Labute approximate surface area is 99.2 Å². The number of nitrogens with one attached hydrogen (secondary N) is 1. The summed E-state index contributed by atoms with van der Waals surface area (Å²) in [5.74, 6) is 1.28. The van der Waals surface area contributed by atoms with Gasteiger partial charge in [-0.3, -0.25) is 10.1 Å². The lowest BCUT2D eigenvalue weighted by atomic mass is 10.3. The van der Waals surface area contributed by atoms with Gasteiger partial charge in [0.1, 0.15) is 0 Å². The van der Waals surface area contributed by atoms with Crippen molar-refractivity contribution in [3.8, 4) is 5.88 Å². The molecule has 1 fully saturated rings. The highest BCUT2D eigenvalue weighted by molar-refractivity contribution is 5.58. The van der Waals surface area contributed by atoms with Crippen molar-refractivity contribution in [3.05, 3.63) is 22.2 Å². The van der Waals surface area contributed by atoms with E-state index in [4.69, 9.17) is 4.74 Å². The van der Waals surface area contributed by atoms with Crippen LogP contribution in [0.2, 0.25) is 0 Å². The molecule has 2 atom stereocenters. The summed E-state index contributed by atoms with van der Waals surface area (Å²) in [5.41, 5.74) is -0.00690. The lowest BCUT2D eigenvalue weighted by Gasteiger charge is -2.07. The van der Waals surface area contributed by atoms with Gasteiger partial charge in [-0.1, -0.05) is 13.3 Å². The second-order valence-corrected chi connectivity index (χ2v) is 4.13. The SMILES string of the molecule is CCC1CC1Nc1nc(OC)ccc1[N+](=O)[O-]. The smallest absolute Gasteiger partial charge is 0.311 e.